The van der Waals surface area contributed by atoms with Gasteiger partial charge in [0.1, 0.15) is 11.9 Å². The Kier molecular flexibility index (Phi) is 5.83. The molecule has 0 radical (unpaired) electrons. The van der Waals surface area contributed by atoms with Gasteiger partial charge >= 0.3 is 0 Å². The quantitative estimate of drug-likeness (QED) is 0.856. The van der Waals surface area contributed by atoms with Crippen LogP contribution < -0.4 is 0 Å². The number of amides is 1. The van der Waals surface area contributed by atoms with E-state index in [-0.39, 0.29) is 30.2 Å². The predicted octanol–water partition coefficient (Wildman–Crippen LogP) is 3.56. The number of benzene rings is 2. The van der Waals surface area contributed by atoms with Gasteiger partial charge in [-0.3, -0.25) is 14.5 Å². The lowest BCUT2D eigenvalue weighted by Gasteiger charge is -2.42. The Bertz CT molecular complexity index is 840. The van der Waals surface area contributed by atoms with E-state index in [1.165, 1.54) is 10.6 Å². The number of rotatable bonds is 4. The zero-order valence-electron chi connectivity index (χ0n) is 16.6. The second kappa shape index (κ2) is 8.51. The SMILES string of the molecule is Cc1ccc(CN2OCCC(N3CC[C@H](c4ccc(O)cc4)C(F)C3)C2=O)cc1. The van der Waals surface area contributed by atoms with E-state index in [2.05, 4.69) is 0 Å². The van der Waals surface area contributed by atoms with Crippen molar-refractivity contribution in [2.45, 2.75) is 44.4 Å². The summed E-state index contributed by atoms with van der Waals surface area (Å²) in [5, 5.41) is 10.9. The minimum absolute atomic E-state index is 0.0906. The third-order valence-electron chi connectivity index (χ3n) is 5.95. The number of halogens is 1. The Balaban J connectivity index is 1.40. The molecule has 154 valence electrons. The maximum atomic E-state index is 15.0. The minimum atomic E-state index is -1.05. The molecule has 6 heteroatoms. The van der Waals surface area contributed by atoms with E-state index in [9.17, 15) is 14.3 Å². The first-order valence-corrected chi connectivity index (χ1v) is 10.2. The summed E-state index contributed by atoms with van der Waals surface area (Å²) in [6.45, 7) is 3.79. The van der Waals surface area contributed by atoms with E-state index in [1.807, 2.05) is 36.1 Å². The molecule has 2 aromatic carbocycles. The number of phenols is 1. The van der Waals surface area contributed by atoms with Gasteiger partial charge in [0.2, 0.25) is 0 Å². The molecule has 0 saturated carbocycles. The monoisotopic (exact) mass is 398 g/mol. The molecular weight excluding hydrogens is 371 g/mol. The van der Waals surface area contributed by atoms with E-state index in [4.69, 9.17) is 4.84 Å². The van der Waals surface area contributed by atoms with Gasteiger partial charge in [-0.2, -0.15) is 0 Å². The summed E-state index contributed by atoms with van der Waals surface area (Å²) >= 11 is 0. The molecule has 4 rings (SSSR count). The van der Waals surface area contributed by atoms with Crippen LogP contribution in [0.3, 0.4) is 0 Å². The maximum Gasteiger partial charge on any atom is 0.263 e. The van der Waals surface area contributed by atoms with Crippen molar-refractivity contribution in [2.24, 2.45) is 0 Å². The number of carbonyl (C=O) groups excluding carboxylic acids is 1. The van der Waals surface area contributed by atoms with Crippen molar-refractivity contribution >= 4 is 5.91 Å². The zero-order chi connectivity index (χ0) is 20.4. The number of hydrogen-bond acceptors (Lipinski definition) is 4. The molecule has 2 heterocycles. The van der Waals surface area contributed by atoms with Crippen LogP contribution in [0.25, 0.3) is 0 Å². The molecule has 2 fully saturated rings. The Hall–Kier alpha value is -2.44. The molecule has 2 aromatic rings. The van der Waals surface area contributed by atoms with Crippen molar-refractivity contribution in [2.75, 3.05) is 19.7 Å². The number of aryl methyl sites for hydroxylation is 1. The third kappa shape index (κ3) is 4.43. The van der Waals surface area contributed by atoms with Crippen LogP contribution in [0.4, 0.5) is 4.39 Å². The van der Waals surface area contributed by atoms with E-state index < -0.39 is 6.17 Å². The van der Waals surface area contributed by atoms with Gasteiger partial charge in [-0.1, -0.05) is 42.0 Å². The van der Waals surface area contributed by atoms with Crippen LogP contribution >= 0.6 is 0 Å². The molecule has 5 nitrogen and oxygen atoms in total. The van der Waals surface area contributed by atoms with Crippen molar-refractivity contribution in [3.05, 3.63) is 65.2 Å². The fourth-order valence-electron chi connectivity index (χ4n) is 4.26. The topological polar surface area (TPSA) is 53.0 Å². The molecule has 2 aliphatic heterocycles. The van der Waals surface area contributed by atoms with Gasteiger partial charge in [0.25, 0.3) is 5.91 Å². The van der Waals surface area contributed by atoms with Crippen LogP contribution in [-0.2, 0) is 16.2 Å². The molecule has 1 amide bonds. The lowest BCUT2D eigenvalue weighted by atomic mass is 9.87. The van der Waals surface area contributed by atoms with Gasteiger partial charge in [0, 0.05) is 12.5 Å². The number of carbonyl (C=O) groups is 1. The highest BCUT2D eigenvalue weighted by Gasteiger charge is 2.39. The Morgan fingerprint density at radius 1 is 1.10 bits per heavy atom. The number of alkyl halides is 1. The summed E-state index contributed by atoms with van der Waals surface area (Å²) in [6, 6.07) is 14.4. The van der Waals surface area contributed by atoms with Crippen LogP contribution in [-0.4, -0.2) is 52.9 Å². The number of aromatic hydroxyl groups is 1. The first-order chi connectivity index (χ1) is 14.0. The standard InChI is InChI=1S/C23H27FN2O3/c1-16-2-4-17(5-3-16)14-26-23(28)22(11-13-29-26)25-12-10-20(21(24)15-25)18-6-8-19(27)9-7-18/h2-9,20-22,27H,10-15H2,1H3/t20-,21?,22?/m1/s1. The van der Waals surface area contributed by atoms with E-state index in [0.29, 0.717) is 32.5 Å². The Labute approximate surface area is 170 Å². The molecule has 2 aliphatic rings. The van der Waals surface area contributed by atoms with Crippen molar-refractivity contribution in [3.63, 3.8) is 0 Å². The molecule has 2 saturated heterocycles. The summed E-state index contributed by atoms with van der Waals surface area (Å²) in [7, 11) is 0. The van der Waals surface area contributed by atoms with Gasteiger partial charge in [0.05, 0.1) is 19.2 Å². The van der Waals surface area contributed by atoms with Gasteiger partial charge in [-0.25, -0.2) is 9.45 Å². The summed E-state index contributed by atoms with van der Waals surface area (Å²) in [5.74, 6) is -0.111. The molecule has 2 unspecified atom stereocenters. The molecule has 0 spiro atoms. The van der Waals surface area contributed by atoms with E-state index in [0.717, 1.165) is 11.1 Å². The lowest BCUT2D eigenvalue weighted by Crippen LogP contribution is -2.56. The van der Waals surface area contributed by atoms with Gasteiger partial charge in [-0.15, -0.1) is 0 Å². The lowest BCUT2D eigenvalue weighted by molar-refractivity contribution is -0.212. The molecule has 0 bridgehead atoms. The van der Waals surface area contributed by atoms with E-state index >= 15 is 0 Å². The van der Waals surface area contributed by atoms with Gasteiger partial charge in [0.15, 0.2) is 0 Å². The van der Waals surface area contributed by atoms with Crippen molar-refractivity contribution in [1.82, 2.24) is 9.96 Å². The zero-order valence-corrected chi connectivity index (χ0v) is 16.6. The summed E-state index contributed by atoms with van der Waals surface area (Å²) < 4.78 is 15.0. The Morgan fingerprint density at radius 2 is 1.83 bits per heavy atom. The molecule has 0 aromatic heterocycles. The Morgan fingerprint density at radius 3 is 2.52 bits per heavy atom. The largest absolute Gasteiger partial charge is 0.508 e. The highest BCUT2D eigenvalue weighted by Crippen LogP contribution is 2.33. The van der Waals surface area contributed by atoms with Crippen molar-refractivity contribution in [3.8, 4) is 5.75 Å². The third-order valence-corrected chi connectivity index (χ3v) is 5.95. The number of phenolic OH excluding ortho intramolecular Hbond substituents is 1. The minimum Gasteiger partial charge on any atom is -0.508 e. The highest BCUT2D eigenvalue weighted by molar-refractivity contribution is 5.81. The van der Waals surface area contributed by atoms with Crippen LogP contribution in [0.1, 0.15) is 35.4 Å². The van der Waals surface area contributed by atoms with Crippen LogP contribution in [0.15, 0.2) is 48.5 Å². The predicted molar refractivity (Wildman–Crippen MR) is 108 cm³/mol. The molecular formula is C23H27FN2O3. The van der Waals surface area contributed by atoms with Crippen LogP contribution in [0.5, 0.6) is 5.75 Å². The average Bonchev–Trinajstić information content (AvgIpc) is 2.72. The number of hydroxylamine groups is 2. The maximum absolute atomic E-state index is 15.0. The summed E-state index contributed by atoms with van der Waals surface area (Å²) in [5.41, 5.74) is 3.08. The van der Waals surface area contributed by atoms with Gasteiger partial charge in [-0.05, 0) is 49.6 Å². The van der Waals surface area contributed by atoms with Crippen molar-refractivity contribution in [1.29, 1.82) is 0 Å². The van der Waals surface area contributed by atoms with E-state index in [1.54, 1.807) is 24.3 Å². The second-order valence-corrected chi connectivity index (χ2v) is 8.00. The fourth-order valence-corrected chi connectivity index (χ4v) is 4.26. The number of hydrogen-bond donors (Lipinski definition) is 1. The average molecular weight is 398 g/mol. The first kappa shape index (κ1) is 19.9. The first-order valence-electron chi connectivity index (χ1n) is 10.2. The van der Waals surface area contributed by atoms with Crippen LogP contribution in [0, 0.1) is 6.92 Å². The second-order valence-electron chi connectivity index (χ2n) is 8.00. The number of piperidine rings is 1. The number of nitrogens with zero attached hydrogens (tertiary/aromatic N) is 2. The normalized spacial score (nSPS) is 25.9. The van der Waals surface area contributed by atoms with Crippen molar-refractivity contribution < 1.29 is 19.1 Å². The molecule has 1 N–H and O–H groups in total. The van der Waals surface area contributed by atoms with Gasteiger partial charge < -0.3 is 5.11 Å². The fraction of sp³-hybridized carbons (Fsp3) is 0.435. The molecule has 29 heavy (non-hydrogen) atoms. The number of likely N-dealkylation sites (tertiary alicyclic amines) is 1. The highest BCUT2D eigenvalue weighted by atomic mass is 19.1. The summed E-state index contributed by atoms with van der Waals surface area (Å²) in [4.78, 5) is 20.6. The summed E-state index contributed by atoms with van der Waals surface area (Å²) in [6.07, 6.45) is 0.184. The molecule has 3 atom stereocenters. The van der Waals surface area contributed by atoms with Crippen LogP contribution in [0.2, 0.25) is 0 Å². The molecule has 0 aliphatic carbocycles. The smallest absolute Gasteiger partial charge is 0.263 e.